The predicted octanol–water partition coefficient (Wildman–Crippen LogP) is 1.40. The minimum absolute atomic E-state index is 0.134. The Kier molecular flexibility index (Phi) is 9.73. The monoisotopic (exact) mass is 230 g/mol. The molecule has 88 valence electrons. The van der Waals surface area contributed by atoms with Crippen LogP contribution in [0.1, 0.15) is 19.8 Å². The first-order valence-electron chi connectivity index (χ1n) is 5.36. The van der Waals surface area contributed by atoms with E-state index in [2.05, 4.69) is 18.8 Å². The standard InChI is InChI=1S/C11H22N2OS/c1-3-7-15-8-6-13-11(14)5-4-10(2)9-12/h3,10H,1,4-9,12H2,2H3,(H,13,14). The molecule has 0 heterocycles. The number of carbonyl (C=O) groups excluding carboxylic acids is 1. The van der Waals surface area contributed by atoms with Crippen LogP contribution in [0.4, 0.5) is 0 Å². The molecule has 0 aromatic rings. The molecule has 0 aliphatic carbocycles. The summed E-state index contributed by atoms with van der Waals surface area (Å²) in [6, 6.07) is 0. The zero-order chi connectivity index (χ0) is 11.5. The van der Waals surface area contributed by atoms with Gasteiger partial charge in [-0.1, -0.05) is 13.0 Å². The number of rotatable bonds is 9. The molecular formula is C11H22N2OS. The van der Waals surface area contributed by atoms with Crippen LogP contribution in [-0.4, -0.2) is 30.5 Å². The molecule has 0 fully saturated rings. The van der Waals surface area contributed by atoms with Crippen LogP contribution in [0.5, 0.6) is 0 Å². The molecule has 0 aromatic heterocycles. The predicted molar refractivity (Wildman–Crippen MR) is 68.0 cm³/mol. The average molecular weight is 230 g/mol. The number of amides is 1. The highest BCUT2D eigenvalue weighted by Gasteiger charge is 2.04. The van der Waals surface area contributed by atoms with Gasteiger partial charge in [-0.15, -0.1) is 6.58 Å². The van der Waals surface area contributed by atoms with E-state index in [4.69, 9.17) is 5.73 Å². The Morgan fingerprint density at radius 3 is 3.00 bits per heavy atom. The fourth-order valence-electron chi connectivity index (χ4n) is 1.01. The van der Waals surface area contributed by atoms with Crippen LogP contribution in [0.2, 0.25) is 0 Å². The average Bonchev–Trinajstić information content (AvgIpc) is 2.25. The molecule has 0 saturated heterocycles. The Hall–Kier alpha value is -0.480. The highest BCUT2D eigenvalue weighted by molar-refractivity contribution is 7.99. The number of hydrogen-bond donors (Lipinski definition) is 2. The summed E-state index contributed by atoms with van der Waals surface area (Å²) >= 11 is 1.77. The first kappa shape index (κ1) is 14.5. The molecule has 3 N–H and O–H groups in total. The van der Waals surface area contributed by atoms with Crippen LogP contribution >= 0.6 is 11.8 Å². The van der Waals surface area contributed by atoms with Crippen molar-refractivity contribution < 1.29 is 4.79 Å². The van der Waals surface area contributed by atoms with Crippen LogP contribution in [-0.2, 0) is 4.79 Å². The van der Waals surface area contributed by atoms with Crippen LogP contribution < -0.4 is 11.1 Å². The summed E-state index contributed by atoms with van der Waals surface area (Å²) in [7, 11) is 0. The molecule has 1 atom stereocenters. The molecule has 4 heteroatoms. The van der Waals surface area contributed by atoms with Crippen molar-refractivity contribution in [2.45, 2.75) is 19.8 Å². The molecule has 0 radical (unpaired) electrons. The smallest absolute Gasteiger partial charge is 0.220 e. The van der Waals surface area contributed by atoms with Gasteiger partial charge in [0.15, 0.2) is 0 Å². The van der Waals surface area contributed by atoms with Gasteiger partial charge >= 0.3 is 0 Å². The van der Waals surface area contributed by atoms with Crippen molar-refractivity contribution in [2.75, 3.05) is 24.6 Å². The second-order valence-electron chi connectivity index (χ2n) is 3.59. The summed E-state index contributed by atoms with van der Waals surface area (Å²) in [5.41, 5.74) is 5.47. The Bertz CT molecular complexity index is 185. The van der Waals surface area contributed by atoms with E-state index in [-0.39, 0.29) is 5.91 Å². The van der Waals surface area contributed by atoms with E-state index in [9.17, 15) is 4.79 Å². The van der Waals surface area contributed by atoms with Crippen molar-refractivity contribution >= 4 is 17.7 Å². The van der Waals surface area contributed by atoms with Gasteiger partial charge in [-0.3, -0.25) is 4.79 Å². The molecular weight excluding hydrogens is 208 g/mol. The number of nitrogens with two attached hydrogens (primary N) is 1. The summed E-state index contributed by atoms with van der Waals surface area (Å²) in [5, 5.41) is 2.89. The molecule has 1 unspecified atom stereocenters. The lowest BCUT2D eigenvalue weighted by molar-refractivity contribution is -0.121. The lowest BCUT2D eigenvalue weighted by Gasteiger charge is -2.08. The Morgan fingerprint density at radius 1 is 1.67 bits per heavy atom. The van der Waals surface area contributed by atoms with Crippen molar-refractivity contribution in [1.29, 1.82) is 0 Å². The van der Waals surface area contributed by atoms with Gasteiger partial charge in [0, 0.05) is 24.5 Å². The van der Waals surface area contributed by atoms with Crippen molar-refractivity contribution in [3.05, 3.63) is 12.7 Å². The molecule has 15 heavy (non-hydrogen) atoms. The SMILES string of the molecule is C=CCSCCNC(=O)CCC(C)CN. The van der Waals surface area contributed by atoms with Crippen LogP contribution in [0, 0.1) is 5.92 Å². The highest BCUT2D eigenvalue weighted by Crippen LogP contribution is 2.03. The molecule has 1 amide bonds. The topological polar surface area (TPSA) is 55.1 Å². The highest BCUT2D eigenvalue weighted by atomic mass is 32.2. The van der Waals surface area contributed by atoms with Crippen molar-refractivity contribution in [2.24, 2.45) is 11.7 Å². The van der Waals surface area contributed by atoms with Gasteiger partial charge in [0.2, 0.25) is 5.91 Å². The number of hydrogen-bond acceptors (Lipinski definition) is 3. The molecule has 0 aliphatic rings. The van der Waals surface area contributed by atoms with E-state index >= 15 is 0 Å². The largest absolute Gasteiger partial charge is 0.355 e. The van der Waals surface area contributed by atoms with Gasteiger partial charge in [-0.05, 0) is 18.9 Å². The molecule has 0 bridgehead atoms. The van der Waals surface area contributed by atoms with E-state index in [1.807, 2.05) is 6.08 Å². The van der Waals surface area contributed by atoms with E-state index in [0.29, 0.717) is 18.9 Å². The third kappa shape index (κ3) is 9.82. The Morgan fingerprint density at radius 2 is 2.40 bits per heavy atom. The number of nitrogens with one attached hydrogen (secondary N) is 1. The maximum Gasteiger partial charge on any atom is 0.220 e. The van der Waals surface area contributed by atoms with Crippen LogP contribution in [0.15, 0.2) is 12.7 Å². The maximum atomic E-state index is 11.3. The number of thioether (sulfide) groups is 1. The Balaban J connectivity index is 3.29. The molecule has 0 aromatic carbocycles. The van der Waals surface area contributed by atoms with E-state index in [0.717, 1.165) is 24.5 Å². The summed E-state index contributed by atoms with van der Waals surface area (Å²) in [6.07, 6.45) is 3.34. The second kappa shape index (κ2) is 10.1. The van der Waals surface area contributed by atoms with E-state index in [1.54, 1.807) is 11.8 Å². The first-order valence-corrected chi connectivity index (χ1v) is 6.51. The fraction of sp³-hybridized carbons (Fsp3) is 0.727. The third-order valence-electron chi connectivity index (χ3n) is 2.07. The molecule has 3 nitrogen and oxygen atoms in total. The fourth-order valence-corrected chi connectivity index (χ4v) is 1.59. The van der Waals surface area contributed by atoms with E-state index < -0.39 is 0 Å². The third-order valence-corrected chi connectivity index (χ3v) is 3.04. The van der Waals surface area contributed by atoms with Gasteiger partial charge in [0.25, 0.3) is 0 Å². The molecule has 0 rings (SSSR count). The van der Waals surface area contributed by atoms with Gasteiger partial charge in [0.05, 0.1) is 0 Å². The molecule has 0 aliphatic heterocycles. The van der Waals surface area contributed by atoms with Crippen molar-refractivity contribution in [3.8, 4) is 0 Å². The van der Waals surface area contributed by atoms with Gasteiger partial charge in [-0.2, -0.15) is 11.8 Å². The quantitative estimate of drug-likeness (QED) is 0.465. The summed E-state index contributed by atoms with van der Waals surface area (Å²) in [6.45, 7) is 7.09. The van der Waals surface area contributed by atoms with Gasteiger partial charge in [0.1, 0.15) is 0 Å². The van der Waals surface area contributed by atoms with Crippen LogP contribution in [0.25, 0.3) is 0 Å². The lowest BCUT2D eigenvalue weighted by atomic mass is 10.1. The minimum Gasteiger partial charge on any atom is -0.355 e. The van der Waals surface area contributed by atoms with Gasteiger partial charge < -0.3 is 11.1 Å². The summed E-state index contributed by atoms with van der Waals surface area (Å²) in [5.74, 6) is 2.46. The van der Waals surface area contributed by atoms with Crippen LogP contribution in [0.3, 0.4) is 0 Å². The van der Waals surface area contributed by atoms with Gasteiger partial charge in [-0.25, -0.2) is 0 Å². The first-order chi connectivity index (χ1) is 7.20. The number of carbonyl (C=O) groups is 1. The van der Waals surface area contributed by atoms with E-state index in [1.165, 1.54) is 0 Å². The zero-order valence-electron chi connectivity index (χ0n) is 9.50. The lowest BCUT2D eigenvalue weighted by Crippen LogP contribution is -2.26. The normalized spacial score (nSPS) is 12.1. The van der Waals surface area contributed by atoms with Crippen molar-refractivity contribution in [1.82, 2.24) is 5.32 Å². The summed E-state index contributed by atoms with van der Waals surface area (Å²) in [4.78, 5) is 11.3. The molecule has 0 saturated carbocycles. The zero-order valence-corrected chi connectivity index (χ0v) is 10.3. The molecule has 0 spiro atoms. The van der Waals surface area contributed by atoms with Crippen molar-refractivity contribution in [3.63, 3.8) is 0 Å². The second-order valence-corrected chi connectivity index (χ2v) is 4.74. The Labute approximate surface area is 96.9 Å². The maximum absolute atomic E-state index is 11.3. The summed E-state index contributed by atoms with van der Waals surface area (Å²) < 4.78 is 0. The minimum atomic E-state index is 0.134.